The normalized spacial score (nSPS) is 59.7. The zero-order chi connectivity index (χ0) is 28.2. The molecule has 7 aliphatic rings. The first-order chi connectivity index (χ1) is 19.0. The van der Waals surface area contributed by atoms with Gasteiger partial charge in [-0.1, -0.05) is 32.9 Å². The summed E-state index contributed by atoms with van der Waals surface area (Å²) >= 11 is 0. The van der Waals surface area contributed by atoms with Crippen molar-refractivity contribution in [2.24, 2.45) is 46.3 Å². The van der Waals surface area contributed by atoms with E-state index in [0.717, 1.165) is 44.9 Å². The summed E-state index contributed by atoms with van der Waals surface area (Å²) in [4.78, 5) is 0. The molecule has 0 unspecified atom stereocenters. The van der Waals surface area contributed by atoms with Crippen molar-refractivity contribution < 1.29 is 39.4 Å². The lowest BCUT2D eigenvalue weighted by molar-refractivity contribution is -0.313. The summed E-state index contributed by atoms with van der Waals surface area (Å²) in [5, 5.41) is 41.8. The van der Waals surface area contributed by atoms with Gasteiger partial charge in [-0.25, -0.2) is 0 Å². The van der Waals surface area contributed by atoms with Crippen LogP contribution < -0.4 is 0 Å². The first-order valence-electron chi connectivity index (χ1n) is 16.0. The molecule has 4 aliphatic carbocycles. The SMILES string of the molecule is C=C1CC[C@]2(OC1)O[C@H]1C[C@H]3[C@@H]4CC[C@H]5C[C@@H](O)C[C@@H](O[C@@H]6OC[C@H](O)[C@H](O)[C@H]6O)[C@]5(C)[C@H]4CC[C@]3(C)[C@H]1[C@@H]2C. The van der Waals surface area contributed by atoms with E-state index >= 15 is 0 Å². The van der Waals surface area contributed by atoms with E-state index in [4.69, 9.17) is 18.9 Å². The van der Waals surface area contributed by atoms with Gasteiger partial charge in [-0.15, -0.1) is 0 Å². The lowest BCUT2D eigenvalue weighted by Crippen LogP contribution is -2.62. The summed E-state index contributed by atoms with van der Waals surface area (Å²) in [7, 11) is 0. The summed E-state index contributed by atoms with van der Waals surface area (Å²) in [6.07, 6.45) is 3.51. The highest BCUT2D eigenvalue weighted by atomic mass is 16.7. The second-order valence-electron chi connectivity index (χ2n) is 15.1. The highest BCUT2D eigenvalue weighted by Gasteiger charge is 2.70. The van der Waals surface area contributed by atoms with Crippen LogP contribution in [0.5, 0.6) is 0 Å². The molecule has 226 valence electrons. The van der Waals surface area contributed by atoms with Gasteiger partial charge in [0.2, 0.25) is 0 Å². The summed E-state index contributed by atoms with van der Waals surface area (Å²) in [6, 6.07) is 0. The van der Waals surface area contributed by atoms with Crippen LogP contribution in [0.3, 0.4) is 0 Å². The van der Waals surface area contributed by atoms with Crippen LogP contribution in [0.25, 0.3) is 0 Å². The third-order valence-electron chi connectivity index (χ3n) is 13.5. The molecule has 16 atom stereocenters. The number of rotatable bonds is 2. The minimum Gasteiger partial charge on any atom is -0.393 e. The summed E-state index contributed by atoms with van der Waals surface area (Å²) in [5.74, 6) is 2.34. The maximum absolute atomic E-state index is 10.9. The monoisotopic (exact) mass is 562 g/mol. The van der Waals surface area contributed by atoms with E-state index < -0.39 is 36.5 Å². The van der Waals surface area contributed by atoms with Gasteiger partial charge in [0.25, 0.3) is 0 Å². The standard InChI is InChI=1S/C32H50O8/c1-16-7-10-32(38-14-16)17(2)26-24(40-32)13-22-20-6-5-18-11-19(33)12-25(31(18,4)21(20)8-9-30(22,26)3)39-29-28(36)27(35)23(34)15-37-29/h17-29,33-36H,1,5-15H2,2-4H3/t17-,18-,19+,20+,21-,22-,23-,24-,25+,26-,27-,28+,29-,30-,31-,32-/m0/s1. The van der Waals surface area contributed by atoms with Crippen LogP contribution >= 0.6 is 0 Å². The van der Waals surface area contributed by atoms with Crippen LogP contribution in [0.2, 0.25) is 0 Å². The Morgan fingerprint density at radius 1 is 0.950 bits per heavy atom. The van der Waals surface area contributed by atoms with E-state index in [2.05, 4.69) is 27.4 Å². The van der Waals surface area contributed by atoms with Crippen molar-refractivity contribution in [1.29, 1.82) is 0 Å². The van der Waals surface area contributed by atoms with Gasteiger partial charge in [0.15, 0.2) is 12.1 Å². The summed E-state index contributed by atoms with van der Waals surface area (Å²) in [6.45, 7) is 11.9. The Morgan fingerprint density at radius 3 is 2.50 bits per heavy atom. The third-order valence-corrected chi connectivity index (χ3v) is 13.5. The fourth-order valence-electron chi connectivity index (χ4n) is 11.4. The fraction of sp³-hybridized carbons (Fsp3) is 0.938. The largest absolute Gasteiger partial charge is 0.393 e. The molecular formula is C32H50O8. The van der Waals surface area contributed by atoms with Crippen LogP contribution in [0, 0.1) is 46.3 Å². The Labute approximate surface area is 238 Å². The minimum absolute atomic E-state index is 0.0783. The Bertz CT molecular complexity index is 993. The molecule has 40 heavy (non-hydrogen) atoms. The predicted octanol–water partition coefficient (Wildman–Crippen LogP) is 3.15. The van der Waals surface area contributed by atoms with Crippen molar-refractivity contribution in [3.8, 4) is 0 Å². The number of ether oxygens (including phenoxy) is 4. The van der Waals surface area contributed by atoms with E-state index in [1.165, 1.54) is 12.0 Å². The lowest BCUT2D eigenvalue weighted by atomic mass is 9.43. The molecule has 0 bridgehead atoms. The molecule has 0 aromatic carbocycles. The van der Waals surface area contributed by atoms with Crippen molar-refractivity contribution >= 4 is 0 Å². The highest BCUT2D eigenvalue weighted by molar-refractivity contribution is 5.17. The first-order valence-corrected chi connectivity index (χ1v) is 16.0. The van der Waals surface area contributed by atoms with Crippen molar-refractivity contribution in [3.63, 3.8) is 0 Å². The van der Waals surface area contributed by atoms with Crippen LogP contribution in [0.4, 0.5) is 0 Å². The number of hydrogen-bond donors (Lipinski definition) is 4. The average Bonchev–Trinajstić information content (AvgIpc) is 3.36. The molecule has 0 aromatic heterocycles. The molecule has 3 heterocycles. The first kappa shape index (κ1) is 28.2. The van der Waals surface area contributed by atoms with Gasteiger partial charge < -0.3 is 39.4 Å². The van der Waals surface area contributed by atoms with Gasteiger partial charge in [-0.2, -0.15) is 0 Å². The molecule has 3 aliphatic heterocycles. The minimum atomic E-state index is -1.32. The molecule has 8 heteroatoms. The Morgan fingerprint density at radius 2 is 1.75 bits per heavy atom. The Hall–Kier alpha value is -0.580. The fourth-order valence-corrected chi connectivity index (χ4v) is 11.4. The van der Waals surface area contributed by atoms with Crippen molar-refractivity contribution in [2.45, 2.75) is 127 Å². The van der Waals surface area contributed by atoms with Gasteiger partial charge in [-0.3, -0.25) is 0 Å². The van der Waals surface area contributed by atoms with Crippen LogP contribution in [-0.2, 0) is 18.9 Å². The molecule has 1 spiro atoms. The molecule has 0 amide bonds. The van der Waals surface area contributed by atoms with Crippen molar-refractivity contribution in [1.82, 2.24) is 0 Å². The molecule has 7 fully saturated rings. The lowest BCUT2D eigenvalue weighted by Gasteiger charge is -2.63. The van der Waals surface area contributed by atoms with Crippen molar-refractivity contribution in [3.05, 3.63) is 12.2 Å². The molecule has 8 nitrogen and oxygen atoms in total. The van der Waals surface area contributed by atoms with Crippen LogP contribution in [0.15, 0.2) is 12.2 Å². The molecular weight excluding hydrogens is 512 g/mol. The van der Waals surface area contributed by atoms with E-state index in [0.29, 0.717) is 48.5 Å². The van der Waals surface area contributed by atoms with Crippen LogP contribution in [0.1, 0.15) is 78.6 Å². The van der Waals surface area contributed by atoms with Crippen molar-refractivity contribution in [2.75, 3.05) is 13.2 Å². The predicted molar refractivity (Wildman–Crippen MR) is 146 cm³/mol. The van der Waals surface area contributed by atoms with E-state index in [9.17, 15) is 20.4 Å². The Kier molecular flexibility index (Phi) is 6.85. The zero-order valence-corrected chi connectivity index (χ0v) is 24.4. The molecule has 4 saturated carbocycles. The van der Waals surface area contributed by atoms with Gasteiger partial charge >= 0.3 is 0 Å². The van der Waals surface area contributed by atoms with Crippen LogP contribution in [-0.4, -0.2) is 82.3 Å². The molecule has 3 saturated heterocycles. The quantitative estimate of drug-likeness (QED) is 0.379. The number of hydrogen-bond acceptors (Lipinski definition) is 8. The zero-order valence-electron chi connectivity index (χ0n) is 24.4. The maximum atomic E-state index is 10.9. The van der Waals surface area contributed by atoms with Gasteiger partial charge in [0.05, 0.1) is 31.5 Å². The molecule has 4 N–H and O–H groups in total. The molecule has 0 aromatic rings. The molecule has 7 rings (SSSR count). The van der Waals surface area contributed by atoms with Gasteiger partial charge in [-0.05, 0) is 85.4 Å². The van der Waals surface area contributed by atoms with E-state index in [-0.39, 0.29) is 29.6 Å². The van der Waals surface area contributed by atoms with Gasteiger partial charge in [0.1, 0.15) is 18.3 Å². The number of fused-ring (bicyclic) bond motifs is 7. The summed E-state index contributed by atoms with van der Waals surface area (Å²) in [5.41, 5.74) is 1.22. The smallest absolute Gasteiger partial charge is 0.186 e. The Balaban J connectivity index is 1.14. The molecule has 0 radical (unpaired) electrons. The number of aliphatic hydroxyl groups excluding tert-OH is 4. The topological polar surface area (TPSA) is 118 Å². The van der Waals surface area contributed by atoms with E-state index in [1.807, 2.05) is 0 Å². The number of aliphatic hydroxyl groups is 4. The second-order valence-corrected chi connectivity index (χ2v) is 15.1. The summed E-state index contributed by atoms with van der Waals surface area (Å²) < 4.78 is 25.5. The van der Waals surface area contributed by atoms with Gasteiger partial charge in [0, 0.05) is 18.8 Å². The maximum Gasteiger partial charge on any atom is 0.186 e. The average molecular weight is 563 g/mol. The van der Waals surface area contributed by atoms with E-state index in [1.54, 1.807) is 0 Å². The third kappa shape index (κ3) is 3.93. The highest BCUT2D eigenvalue weighted by Crippen LogP contribution is 2.71. The second kappa shape index (κ2) is 9.71.